The molecule has 3 rings (SSSR count). The van der Waals surface area contributed by atoms with Crippen molar-refractivity contribution >= 4 is 23.2 Å². The standard InChI is InChI=1S/C14H17NO3S/c1-2-8-5-6-19-12(8)13(16)15-9-3-4-11(15)10(7-9)14(17)18/h5-6,9-11H,2-4,7H2,1H3,(H,17,18). The number of aryl methyl sites for hydroxylation is 1. The van der Waals surface area contributed by atoms with Crippen LogP contribution in [-0.4, -0.2) is 34.0 Å². The highest BCUT2D eigenvalue weighted by molar-refractivity contribution is 7.12. The molecule has 2 aliphatic heterocycles. The van der Waals surface area contributed by atoms with Crippen LogP contribution < -0.4 is 0 Å². The van der Waals surface area contributed by atoms with Crippen molar-refractivity contribution in [1.82, 2.24) is 4.90 Å². The summed E-state index contributed by atoms with van der Waals surface area (Å²) in [5, 5.41) is 11.2. The van der Waals surface area contributed by atoms with E-state index < -0.39 is 5.97 Å². The Kier molecular flexibility index (Phi) is 3.09. The Bertz CT molecular complexity index is 525. The molecule has 1 N–H and O–H groups in total. The van der Waals surface area contributed by atoms with Crippen LogP contribution >= 0.6 is 11.3 Å². The Morgan fingerprint density at radius 1 is 1.47 bits per heavy atom. The molecule has 0 spiro atoms. The van der Waals surface area contributed by atoms with Gasteiger partial charge in [0, 0.05) is 12.1 Å². The molecule has 0 aromatic carbocycles. The van der Waals surface area contributed by atoms with Crippen molar-refractivity contribution in [3.05, 3.63) is 21.9 Å². The summed E-state index contributed by atoms with van der Waals surface area (Å²) in [6.07, 6.45) is 3.25. The topological polar surface area (TPSA) is 57.6 Å². The van der Waals surface area contributed by atoms with E-state index in [1.54, 1.807) is 0 Å². The fourth-order valence-corrected chi connectivity index (χ4v) is 4.43. The van der Waals surface area contributed by atoms with E-state index in [-0.39, 0.29) is 23.9 Å². The number of carboxylic acids is 1. The van der Waals surface area contributed by atoms with Crippen molar-refractivity contribution < 1.29 is 14.7 Å². The molecule has 102 valence electrons. The molecule has 1 amide bonds. The van der Waals surface area contributed by atoms with Gasteiger partial charge in [0.25, 0.3) is 5.91 Å². The zero-order valence-electron chi connectivity index (χ0n) is 10.8. The maximum Gasteiger partial charge on any atom is 0.308 e. The Morgan fingerprint density at radius 3 is 2.89 bits per heavy atom. The summed E-state index contributed by atoms with van der Waals surface area (Å²) in [5.41, 5.74) is 1.08. The minimum atomic E-state index is -0.758. The van der Waals surface area contributed by atoms with Gasteiger partial charge in [-0.25, -0.2) is 0 Å². The van der Waals surface area contributed by atoms with Gasteiger partial charge in [-0.2, -0.15) is 0 Å². The highest BCUT2D eigenvalue weighted by atomic mass is 32.1. The predicted molar refractivity (Wildman–Crippen MR) is 72.4 cm³/mol. The predicted octanol–water partition coefficient (Wildman–Crippen LogP) is 2.39. The first kappa shape index (κ1) is 12.7. The zero-order chi connectivity index (χ0) is 13.6. The summed E-state index contributed by atoms with van der Waals surface area (Å²) in [5.74, 6) is -1.08. The molecular weight excluding hydrogens is 262 g/mol. The number of carboxylic acid groups (broad SMARTS) is 1. The van der Waals surface area contributed by atoms with Gasteiger partial charge in [0.2, 0.25) is 0 Å². The van der Waals surface area contributed by atoms with Gasteiger partial charge in [-0.1, -0.05) is 6.92 Å². The third kappa shape index (κ3) is 1.87. The largest absolute Gasteiger partial charge is 0.481 e. The van der Waals surface area contributed by atoms with Gasteiger partial charge >= 0.3 is 5.97 Å². The molecule has 3 atom stereocenters. The summed E-state index contributed by atoms with van der Waals surface area (Å²) < 4.78 is 0. The first-order valence-corrected chi connectivity index (χ1v) is 7.63. The molecule has 1 aromatic heterocycles. The number of hydrogen-bond acceptors (Lipinski definition) is 3. The van der Waals surface area contributed by atoms with Crippen molar-refractivity contribution in [2.24, 2.45) is 5.92 Å². The second-order valence-corrected chi connectivity index (χ2v) is 6.24. The van der Waals surface area contributed by atoms with Gasteiger partial charge in [0.15, 0.2) is 0 Å². The van der Waals surface area contributed by atoms with Crippen molar-refractivity contribution in [2.45, 2.75) is 44.7 Å². The van der Waals surface area contributed by atoms with Crippen LogP contribution in [0.25, 0.3) is 0 Å². The Balaban J connectivity index is 1.87. The first-order chi connectivity index (χ1) is 9.13. The van der Waals surface area contributed by atoms with E-state index in [2.05, 4.69) is 0 Å². The third-order valence-electron chi connectivity index (χ3n) is 4.41. The molecule has 3 heterocycles. The van der Waals surface area contributed by atoms with Gasteiger partial charge in [-0.15, -0.1) is 11.3 Å². The second-order valence-electron chi connectivity index (χ2n) is 5.32. The molecule has 2 saturated heterocycles. The lowest BCUT2D eigenvalue weighted by molar-refractivity contribution is -0.142. The molecule has 5 heteroatoms. The van der Waals surface area contributed by atoms with Crippen LogP contribution in [0.3, 0.4) is 0 Å². The number of rotatable bonds is 3. The van der Waals surface area contributed by atoms with Crippen LogP contribution in [0.4, 0.5) is 0 Å². The van der Waals surface area contributed by atoms with Gasteiger partial charge in [-0.3, -0.25) is 9.59 Å². The Hall–Kier alpha value is -1.36. The molecule has 0 aliphatic carbocycles. The Morgan fingerprint density at radius 2 is 2.26 bits per heavy atom. The number of aliphatic carboxylic acids is 1. The fraction of sp³-hybridized carbons (Fsp3) is 0.571. The normalized spacial score (nSPS) is 28.9. The molecular formula is C14H17NO3S. The maximum atomic E-state index is 12.7. The Labute approximate surface area is 116 Å². The smallest absolute Gasteiger partial charge is 0.308 e. The molecule has 0 saturated carbocycles. The number of fused-ring (bicyclic) bond motifs is 2. The lowest BCUT2D eigenvalue weighted by Gasteiger charge is -2.23. The average Bonchev–Trinajstić information content (AvgIpc) is 3.11. The number of nitrogens with zero attached hydrogens (tertiary/aromatic N) is 1. The van der Waals surface area contributed by atoms with Crippen LogP contribution in [0, 0.1) is 5.92 Å². The fourth-order valence-electron chi connectivity index (χ4n) is 3.49. The minimum absolute atomic E-state index is 0.0445. The number of amides is 1. The molecule has 19 heavy (non-hydrogen) atoms. The molecule has 1 aromatic rings. The number of carbonyl (C=O) groups excluding carboxylic acids is 1. The molecule has 4 nitrogen and oxygen atoms in total. The van der Waals surface area contributed by atoms with Crippen LogP contribution in [-0.2, 0) is 11.2 Å². The SMILES string of the molecule is CCc1ccsc1C(=O)N1C2CCC1C(C(=O)O)C2. The van der Waals surface area contributed by atoms with E-state index in [0.717, 1.165) is 29.7 Å². The van der Waals surface area contributed by atoms with Crippen LogP contribution in [0.15, 0.2) is 11.4 Å². The number of thiophene rings is 1. The lowest BCUT2D eigenvalue weighted by atomic mass is 9.89. The second kappa shape index (κ2) is 4.63. The van der Waals surface area contributed by atoms with E-state index in [9.17, 15) is 14.7 Å². The summed E-state index contributed by atoms with van der Waals surface area (Å²) in [4.78, 5) is 26.5. The molecule has 2 fully saturated rings. The summed E-state index contributed by atoms with van der Waals surface area (Å²) >= 11 is 1.47. The van der Waals surface area contributed by atoms with E-state index in [4.69, 9.17) is 0 Å². The summed E-state index contributed by atoms with van der Waals surface area (Å²) in [6.45, 7) is 2.04. The van der Waals surface area contributed by atoms with E-state index in [1.165, 1.54) is 11.3 Å². The summed E-state index contributed by atoms with van der Waals surface area (Å²) in [7, 11) is 0. The van der Waals surface area contributed by atoms with Crippen molar-refractivity contribution in [1.29, 1.82) is 0 Å². The van der Waals surface area contributed by atoms with Crippen molar-refractivity contribution in [3.63, 3.8) is 0 Å². The first-order valence-electron chi connectivity index (χ1n) is 6.75. The number of carbonyl (C=O) groups is 2. The number of hydrogen-bond donors (Lipinski definition) is 1. The van der Waals surface area contributed by atoms with Gasteiger partial charge in [0.1, 0.15) is 0 Å². The van der Waals surface area contributed by atoms with Gasteiger partial charge in [-0.05, 0) is 42.7 Å². The molecule has 2 bridgehead atoms. The van der Waals surface area contributed by atoms with Crippen LogP contribution in [0.5, 0.6) is 0 Å². The lowest BCUT2D eigenvalue weighted by Crippen LogP contribution is -2.37. The van der Waals surface area contributed by atoms with Gasteiger partial charge in [0.05, 0.1) is 10.8 Å². The van der Waals surface area contributed by atoms with Crippen molar-refractivity contribution in [3.8, 4) is 0 Å². The van der Waals surface area contributed by atoms with Crippen LogP contribution in [0.2, 0.25) is 0 Å². The highest BCUT2D eigenvalue weighted by Crippen LogP contribution is 2.43. The maximum absolute atomic E-state index is 12.7. The van der Waals surface area contributed by atoms with Crippen LogP contribution in [0.1, 0.15) is 41.4 Å². The zero-order valence-corrected chi connectivity index (χ0v) is 11.7. The van der Waals surface area contributed by atoms with E-state index in [1.807, 2.05) is 23.3 Å². The van der Waals surface area contributed by atoms with E-state index >= 15 is 0 Å². The monoisotopic (exact) mass is 279 g/mol. The quantitative estimate of drug-likeness (QED) is 0.924. The average molecular weight is 279 g/mol. The van der Waals surface area contributed by atoms with E-state index in [0.29, 0.717) is 6.42 Å². The third-order valence-corrected chi connectivity index (χ3v) is 5.36. The molecule has 2 aliphatic rings. The molecule has 3 unspecified atom stereocenters. The van der Waals surface area contributed by atoms with Gasteiger partial charge < -0.3 is 10.0 Å². The summed E-state index contributed by atoms with van der Waals surface area (Å²) in [6, 6.07) is 2.03. The minimum Gasteiger partial charge on any atom is -0.481 e. The highest BCUT2D eigenvalue weighted by Gasteiger charge is 2.51. The van der Waals surface area contributed by atoms with Crippen molar-refractivity contribution in [2.75, 3.05) is 0 Å². The molecule has 0 radical (unpaired) electrons.